The highest BCUT2D eigenvalue weighted by atomic mass is 15.5. The smallest absolute Gasteiger partial charge is 0.164 e. The normalized spacial score (nSPS) is 16.0. The van der Waals surface area contributed by atoms with Gasteiger partial charge in [0.2, 0.25) is 0 Å². The predicted octanol–water partition coefficient (Wildman–Crippen LogP) is 11.1. The third kappa shape index (κ3) is 4.88. The van der Waals surface area contributed by atoms with E-state index in [2.05, 4.69) is 131 Å². The summed E-state index contributed by atoms with van der Waals surface area (Å²) in [6.45, 7) is 0. The molecule has 11 rings (SSSR count). The lowest BCUT2D eigenvalue weighted by molar-refractivity contribution is 0.719. The van der Waals surface area contributed by atoms with Crippen LogP contribution in [0.1, 0.15) is 17.2 Å². The zero-order chi connectivity index (χ0) is 35.6. The molecule has 1 aliphatic heterocycles. The number of hydrogen-bond donors (Lipinski definition) is 0. The molecule has 1 aliphatic carbocycles. The van der Waals surface area contributed by atoms with Crippen molar-refractivity contribution in [3.05, 3.63) is 181 Å². The predicted molar refractivity (Wildman–Crippen MR) is 221 cm³/mol. The number of fused-ring (bicyclic) bond motifs is 8. The lowest BCUT2D eigenvalue weighted by Crippen LogP contribution is -2.31. The number of nitrogens with zero attached hydrogens (tertiary/aromatic N) is 6. The highest BCUT2D eigenvalue weighted by Gasteiger charge is 2.38. The van der Waals surface area contributed by atoms with E-state index in [1.807, 2.05) is 60.7 Å². The van der Waals surface area contributed by atoms with Crippen LogP contribution in [-0.2, 0) is 0 Å². The maximum Gasteiger partial charge on any atom is 0.164 e. The van der Waals surface area contributed by atoms with Crippen molar-refractivity contribution in [3.8, 4) is 39.9 Å². The SMILES string of the molecule is C1=CC2C(C=NN2c2ccccc2)c2c1n(-c1cccc(-c3nc(-c4ccccc4)nc(-c4ccccc4)n3)c1)c1cc3ccc4ccccc4c3cc21. The summed E-state index contributed by atoms with van der Waals surface area (Å²) in [5, 5.41) is 13.3. The van der Waals surface area contributed by atoms with Crippen molar-refractivity contribution in [1.82, 2.24) is 19.5 Å². The topological polar surface area (TPSA) is 59.2 Å². The van der Waals surface area contributed by atoms with Crippen LogP contribution < -0.4 is 5.01 Å². The molecule has 2 aromatic heterocycles. The molecule has 254 valence electrons. The maximum absolute atomic E-state index is 5.05. The van der Waals surface area contributed by atoms with Crippen LogP contribution in [0.5, 0.6) is 0 Å². The Morgan fingerprint density at radius 2 is 1.07 bits per heavy atom. The highest BCUT2D eigenvalue weighted by Crippen LogP contribution is 2.45. The molecule has 6 heteroatoms. The van der Waals surface area contributed by atoms with Crippen molar-refractivity contribution in [2.45, 2.75) is 12.0 Å². The van der Waals surface area contributed by atoms with Gasteiger partial charge in [0, 0.05) is 39.9 Å². The molecule has 2 unspecified atom stereocenters. The molecule has 6 nitrogen and oxygen atoms in total. The molecule has 0 N–H and O–H groups in total. The van der Waals surface area contributed by atoms with Gasteiger partial charge in [-0.3, -0.25) is 5.01 Å². The van der Waals surface area contributed by atoms with E-state index in [4.69, 9.17) is 20.1 Å². The van der Waals surface area contributed by atoms with Gasteiger partial charge >= 0.3 is 0 Å². The van der Waals surface area contributed by atoms with E-state index in [0.29, 0.717) is 17.5 Å². The number of anilines is 1. The first-order valence-corrected chi connectivity index (χ1v) is 18.3. The summed E-state index contributed by atoms with van der Waals surface area (Å²) in [4.78, 5) is 15.0. The summed E-state index contributed by atoms with van der Waals surface area (Å²) in [7, 11) is 0. The summed E-state index contributed by atoms with van der Waals surface area (Å²) in [5.41, 5.74) is 8.55. The number of hydrogen-bond acceptors (Lipinski definition) is 5. The highest BCUT2D eigenvalue weighted by molar-refractivity contribution is 6.13. The Kier molecular flexibility index (Phi) is 6.89. The fourth-order valence-electron chi connectivity index (χ4n) is 8.26. The molecular weight excluding hydrogens is 661 g/mol. The zero-order valence-electron chi connectivity index (χ0n) is 29.2. The van der Waals surface area contributed by atoms with Crippen molar-refractivity contribution in [3.63, 3.8) is 0 Å². The minimum absolute atomic E-state index is 0.0755. The fourth-order valence-corrected chi connectivity index (χ4v) is 8.26. The summed E-state index contributed by atoms with van der Waals surface area (Å²) >= 11 is 0. The van der Waals surface area contributed by atoms with Crippen LogP contribution in [0, 0.1) is 0 Å². The van der Waals surface area contributed by atoms with Gasteiger partial charge in [-0.15, -0.1) is 0 Å². The zero-order valence-corrected chi connectivity index (χ0v) is 29.2. The van der Waals surface area contributed by atoms with Gasteiger partial charge in [0.25, 0.3) is 0 Å². The van der Waals surface area contributed by atoms with Crippen molar-refractivity contribution < 1.29 is 0 Å². The molecule has 0 amide bonds. The summed E-state index contributed by atoms with van der Waals surface area (Å²) < 4.78 is 2.41. The third-order valence-electron chi connectivity index (χ3n) is 10.8. The first kappa shape index (κ1) is 30.4. The Morgan fingerprint density at radius 1 is 0.463 bits per heavy atom. The van der Waals surface area contributed by atoms with Crippen LogP contribution >= 0.6 is 0 Å². The van der Waals surface area contributed by atoms with E-state index in [1.165, 1.54) is 32.5 Å². The van der Waals surface area contributed by atoms with Crippen LogP contribution in [0.3, 0.4) is 0 Å². The second-order valence-electron chi connectivity index (χ2n) is 13.9. The van der Waals surface area contributed by atoms with Gasteiger partial charge in [0.05, 0.1) is 22.9 Å². The molecule has 3 heterocycles. The Balaban J connectivity index is 1.12. The van der Waals surface area contributed by atoms with E-state index in [1.54, 1.807) is 0 Å². The van der Waals surface area contributed by atoms with Gasteiger partial charge in [0.15, 0.2) is 17.5 Å². The largest absolute Gasteiger partial charge is 0.310 e. The van der Waals surface area contributed by atoms with E-state index in [-0.39, 0.29) is 12.0 Å². The minimum Gasteiger partial charge on any atom is -0.310 e. The van der Waals surface area contributed by atoms with Gasteiger partial charge in [-0.1, -0.05) is 133 Å². The third-order valence-corrected chi connectivity index (χ3v) is 10.8. The van der Waals surface area contributed by atoms with Crippen LogP contribution in [0.25, 0.3) is 78.4 Å². The Bertz CT molecular complexity index is 2890. The van der Waals surface area contributed by atoms with Crippen LogP contribution in [0.15, 0.2) is 175 Å². The second-order valence-corrected chi connectivity index (χ2v) is 13.9. The lowest BCUT2D eigenvalue weighted by atomic mass is 9.85. The number of hydrazone groups is 1. The molecule has 0 fully saturated rings. The van der Waals surface area contributed by atoms with E-state index in [9.17, 15) is 0 Å². The van der Waals surface area contributed by atoms with Crippen molar-refractivity contribution >= 4 is 50.4 Å². The first-order valence-electron chi connectivity index (χ1n) is 18.3. The summed E-state index contributed by atoms with van der Waals surface area (Å²) in [6, 6.07) is 57.3. The Labute approximate surface area is 312 Å². The molecule has 0 bridgehead atoms. The number of para-hydroxylation sites is 1. The monoisotopic (exact) mass is 692 g/mol. The van der Waals surface area contributed by atoms with Crippen molar-refractivity contribution in [2.24, 2.45) is 5.10 Å². The molecule has 2 atom stereocenters. The standard InChI is InChI=1S/C48H32N6/c1-4-14-32(15-5-1)46-50-47(33-16-6-2-7-17-33)52-48(51-46)35-18-12-21-37(27-35)53-43-26-25-42-41(30-49-54(42)36-19-8-3-9-20-36)45(43)40-29-39-34(28-44(40)53)24-23-31-13-10-11-22-38(31)39/h1-30,41-42H. The average molecular weight is 693 g/mol. The molecule has 0 spiro atoms. The number of benzene rings is 7. The Morgan fingerprint density at radius 3 is 1.81 bits per heavy atom. The molecule has 7 aromatic carbocycles. The minimum atomic E-state index is 0.0755. The van der Waals surface area contributed by atoms with E-state index in [0.717, 1.165) is 39.3 Å². The van der Waals surface area contributed by atoms with Crippen LogP contribution in [-0.4, -0.2) is 31.8 Å². The average Bonchev–Trinajstić information content (AvgIpc) is 3.83. The van der Waals surface area contributed by atoms with Gasteiger partial charge in [-0.05, 0) is 69.6 Å². The quantitative estimate of drug-likeness (QED) is 0.169. The molecule has 0 saturated carbocycles. The summed E-state index contributed by atoms with van der Waals surface area (Å²) in [6.07, 6.45) is 6.74. The molecule has 9 aromatic rings. The Hall–Kier alpha value is -7.18. The van der Waals surface area contributed by atoms with Gasteiger partial charge in [-0.25, -0.2) is 15.0 Å². The molecule has 2 aliphatic rings. The van der Waals surface area contributed by atoms with Crippen molar-refractivity contribution in [2.75, 3.05) is 5.01 Å². The summed E-state index contributed by atoms with van der Waals surface area (Å²) in [5.74, 6) is 1.99. The fraction of sp³-hybridized carbons (Fsp3) is 0.0417. The molecule has 54 heavy (non-hydrogen) atoms. The number of rotatable bonds is 5. The first-order chi connectivity index (χ1) is 26.8. The van der Waals surface area contributed by atoms with E-state index >= 15 is 0 Å². The van der Waals surface area contributed by atoms with Gasteiger partial charge in [-0.2, -0.15) is 5.10 Å². The number of aromatic nitrogens is 4. The van der Waals surface area contributed by atoms with Crippen LogP contribution in [0.4, 0.5) is 5.69 Å². The van der Waals surface area contributed by atoms with E-state index < -0.39 is 0 Å². The van der Waals surface area contributed by atoms with Crippen molar-refractivity contribution in [1.29, 1.82) is 0 Å². The maximum atomic E-state index is 5.05. The lowest BCUT2D eigenvalue weighted by Gasteiger charge is -2.28. The molecule has 0 radical (unpaired) electrons. The molecule has 0 saturated heterocycles. The van der Waals surface area contributed by atoms with Gasteiger partial charge in [0.1, 0.15) is 0 Å². The molecular formula is C48H32N6. The van der Waals surface area contributed by atoms with Gasteiger partial charge < -0.3 is 4.57 Å². The second kappa shape index (κ2) is 12.2. The van der Waals surface area contributed by atoms with Crippen LogP contribution in [0.2, 0.25) is 0 Å².